The summed E-state index contributed by atoms with van der Waals surface area (Å²) in [5, 5.41) is 13.6. The van der Waals surface area contributed by atoms with Crippen molar-refractivity contribution in [3.05, 3.63) is 89.5 Å². The largest absolute Gasteiger partial charge is 0.494 e. The van der Waals surface area contributed by atoms with E-state index in [4.69, 9.17) is 14.1 Å². The summed E-state index contributed by atoms with van der Waals surface area (Å²) in [6.07, 6.45) is 1.11. The van der Waals surface area contributed by atoms with E-state index in [0.29, 0.717) is 73.0 Å². The van der Waals surface area contributed by atoms with Crippen molar-refractivity contribution in [2.24, 2.45) is 0 Å². The molecular formula is C34H29N5O5S. The Morgan fingerprint density at radius 1 is 1.09 bits per heavy atom. The van der Waals surface area contributed by atoms with E-state index in [0.717, 1.165) is 21.5 Å². The number of hydrogen-bond donors (Lipinski definition) is 2. The lowest BCUT2D eigenvalue weighted by atomic mass is 10.00. The highest BCUT2D eigenvalue weighted by Crippen LogP contribution is 2.42. The Morgan fingerprint density at radius 2 is 1.84 bits per heavy atom. The van der Waals surface area contributed by atoms with Crippen molar-refractivity contribution in [3.63, 3.8) is 0 Å². The Labute approximate surface area is 259 Å². The molecular weight excluding hydrogens is 590 g/mol. The second-order valence-corrected chi connectivity index (χ2v) is 12.7. The van der Waals surface area contributed by atoms with E-state index in [2.05, 4.69) is 16.4 Å². The lowest BCUT2D eigenvalue weighted by Crippen LogP contribution is -2.25. The van der Waals surface area contributed by atoms with Crippen molar-refractivity contribution in [1.29, 1.82) is 5.26 Å². The standard InChI is InChI=1S/C34H29N5O5S/c1-19-9-11-20(12-10-19)33-30(34(40)36-2)24-16-23(27(17-29(24)44-33)39(3)45(5,41)42)25-13-14-28(43-4)32(37-25)26-15-21-7-6-8-22(18-35)31(21)38-26/h6-17,38H,1-5H3,(H,36,40). The van der Waals surface area contributed by atoms with Gasteiger partial charge in [-0.1, -0.05) is 42.0 Å². The summed E-state index contributed by atoms with van der Waals surface area (Å²) < 4.78 is 38.8. The van der Waals surface area contributed by atoms with Crippen molar-refractivity contribution in [2.45, 2.75) is 6.92 Å². The van der Waals surface area contributed by atoms with Crippen LogP contribution in [0, 0.1) is 18.3 Å². The van der Waals surface area contributed by atoms with Crippen LogP contribution >= 0.6 is 0 Å². The first kappa shape index (κ1) is 29.5. The fourth-order valence-electron chi connectivity index (χ4n) is 5.37. The number of amides is 1. The number of nitriles is 1. The number of benzene rings is 3. The number of aromatic amines is 1. The number of anilines is 1. The van der Waals surface area contributed by atoms with Gasteiger partial charge in [-0.15, -0.1) is 0 Å². The Kier molecular flexibility index (Phi) is 7.30. The third-order valence-electron chi connectivity index (χ3n) is 7.80. The van der Waals surface area contributed by atoms with Crippen LogP contribution in [0.1, 0.15) is 21.5 Å². The third-order valence-corrected chi connectivity index (χ3v) is 8.99. The molecule has 3 aromatic carbocycles. The van der Waals surface area contributed by atoms with E-state index in [1.54, 1.807) is 37.4 Å². The molecule has 0 saturated carbocycles. The maximum atomic E-state index is 13.3. The fraction of sp³-hybridized carbons (Fsp3) is 0.147. The van der Waals surface area contributed by atoms with Crippen LogP contribution in [0.2, 0.25) is 0 Å². The van der Waals surface area contributed by atoms with Crippen LogP contribution in [-0.4, -0.2) is 51.8 Å². The first-order chi connectivity index (χ1) is 21.5. The van der Waals surface area contributed by atoms with Crippen molar-refractivity contribution in [3.8, 4) is 45.8 Å². The van der Waals surface area contributed by atoms with E-state index in [-0.39, 0.29) is 5.91 Å². The number of aryl methyl sites for hydroxylation is 1. The molecule has 0 spiro atoms. The molecule has 3 heterocycles. The maximum absolute atomic E-state index is 13.3. The van der Waals surface area contributed by atoms with Crippen LogP contribution in [0.25, 0.3) is 55.8 Å². The van der Waals surface area contributed by atoms with E-state index in [1.807, 2.05) is 49.4 Å². The summed E-state index contributed by atoms with van der Waals surface area (Å²) >= 11 is 0. The van der Waals surface area contributed by atoms with Gasteiger partial charge < -0.3 is 19.5 Å². The first-order valence-electron chi connectivity index (χ1n) is 13.9. The minimum atomic E-state index is -3.71. The van der Waals surface area contributed by atoms with Gasteiger partial charge in [0.2, 0.25) is 10.0 Å². The Balaban J connectivity index is 1.64. The lowest BCUT2D eigenvalue weighted by Gasteiger charge is -2.21. The minimum absolute atomic E-state index is 0.310. The minimum Gasteiger partial charge on any atom is -0.494 e. The summed E-state index contributed by atoms with van der Waals surface area (Å²) in [6, 6.07) is 23.9. The number of nitrogens with zero attached hydrogens (tertiary/aromatic N) is 3. The van der Waals surface area contributed by atoms with Crippen molar-refractivity contribution in [1.82, 2.24) is 15.3 Å². The van der Waals surface area contributed by atoms with Gasteiger partial charge in [-0.05, 0) is 37.3 Å². The molecule has 0 bridgehead atoms. The number of carbonyl (C=O) groups excluding carboxylic acids is 1. The van der Waals surface area contributed by atoms with Crippen molar-refractivity contribution < 1.29 is 22.4 Å². The number of para-hydroxylation sites is 1. The van der Waals surface area contributed by atoms with E-state index < -0.39 is 10.0 Å². The van der Waals surface area contributed by atoms with E-state index >= 15 is 0 Å². The van der Waals surface area contributed by atoms with Gasteiger partial charge in [0.05, 0.1) is 47.1 Å². The van der Waals surface area contributed by atoms with Gasteiger partial charge >= 0.3 is 0 Å². The molecule has 2 N–H and O–H groups in total. The number of fused-ring (bicyclic) bond motifs is 2. The van der Waals surface area contributed by atoms with Gasteiger partial charge in [-0.25, -0.2) is 13.4 Å². The second-order valence-electron chi connectivity index (χ2n) is 10.7. The normalized spacial score (nSPS) is 11.5. The Hall–Kier alpha value is -5.60. The zero-order valence-electron chi connectivity index (χ0n) is 25.2. The van der Waals surface area contributed by atoms with Gasteiger partial charge in [0.1, 0.15) is 28.9 Å². The number of methoxy groups -OCH3 is 1. The number of ether oxygens (including phenoxy) is 1. The smallest absolute Gasteiger partial charge is 0.255 e. The summed E-state index contributed by atoms with van der Waals surface area (Å²) in [5.41, 5.74) is 5.83. The highest BCUT2D eigenvalue weighted by molar-refractivity contribution is 7.92. The van der Waals surface area contributed by atoms with Gasteiger partial charge in [-0.2, -0.15) is 5.26 Å². The number of rotatable bonds is 7. The molecule has 6 aromatic rings. The van der Waals surface area contributed by atoms with Gasteiger partial charge in [0, 0.05) is 42.1 Å². The van der Waals surface area contributed by atoms with Crippen molar-refractivity contribution >= 4 is 43.5 Å². The monoisotopic (exact) mass is 619 g/mol. The van der Waals surface area contributed by atoms with Crippen LogP contribution in [-0.2, 0) is 10.0 Å². The van der Waals surface area contributed by atoms with Crippen LogP contribution in [0.15, 0.2) is 77.2 Å². The first-order valence-corrected chi connectivity index (χ1v) is 15.8. The number of hydrogen-bond acceptors (Lipinski definition) is 7. The van der Waals surface area contributed by atoms with Gasteiger partial charge in [0.15, 0.2) is 0 Å². The highest BCUT2D eigenvalue weighted by atomic mass is 32.2. The molecule has 45 heavy (non-hydrogen) atoms. The number of carbonyl (C=O) groups is 1. The topological polar surface area (TPSA) is 141 Å². The zero-order chi connectivity index (χ0) is 32.0. The molecule has 0 unspecified atom stereocenters. The van der Waals surface area contributed by atoms with Crippen LogP contribution in [0.4, 0.5) is 5.69 Å². The Morgan fingerprint density at radius 3 is 2.51 bits per heavy atom. The predicted molar refractivity (Wildman–Crippen MR) is 175 cm³/mol. The maximum Gasteiger partial charge on any atom is 0.255 e. The molecule has 3 aromatic heterocycles. The average Bonchev–Trinajstić information content (AvgIpc) is 3.64. The molecule has 0 aliphatic heterocycles. The van der Waals surface area contributed by atoms with E-state index in [9.17, 15) is 18.5 Å². The molecule has 0 aliphatic carbocycles. The highest BCUT2D eigenvalue weighted by Gasteiger charge is 2.27. The molecule has 10 nitrogen and oxygen atoms in total. The molecule has 0 fully saturated rings. The van der Waals surface area contributed by atoms with Gasteiger partial charge in [-0.3, -0.25) is 9.10 Å². The Bertz CT molecular complexity index is 2280. The predicted octanol–water partition coefficient (Wildman–Crippen LogP) is 6.25. The number of pyridine rings is 1. The summed E-state index contributed by atoms with van der Waals surface area (Å²) in [5.74, 6) is 0.484. The molecule has 0 aliphatic rings. The summed E-state index contributed by atoms with van der Waals surface area (Å²) in [6.45, 7) is 1.97. The second kappa shape index (κ2) is 11.2. The number of sulfonamides is 1. The molecule has 1 amide bonds. The SMILES string of the molecule is CNC(=O)c1c(-c2ccc(C)cc2)oc2cc(N(C)S(C)(=O)=O)c(-c3ccc(OC)c(-c4cc5cccc(C#N)c5[nH]4)n3)cc12. The van der Waals surface area contributed by atoms with E-state index in [1.165, 1.54) is 14.2 Å². The number of aromatic nitrogens is 2. The van der Waals surface area contributed by atoms with Gasteiger partial charge in [0.25, 0.3) is 5.91 Å². The van der Waals surface area contributed by atoms with Crippen LogP contribution in [0.5, 0.6) is 5.75 Å². The number of H-pyrrole nitrogens is 1. The number of nitrogens with one attached hydrogen (secondary N) is 2. The molecule has 0 radical (unpaired) electrons. The number of furan rings is 1. The van der Waals surface area contributed by atoms with Crippen molar-refractivity contribution in [2.75, 3.05) is 31.8 Å². The fourth-order valence-corrected chi connectivity index (χ4v) is 5.87. The quantitative estimate of drug-likeness (QED) is 0.215. The molecule has 6 rings (SSSR count). The average molecular weight is 620 g/mol. The van der Waals surface area contributed by atoms with Crippen LogP contribution < -0.4 is 14.4 Å². The lowest BCUT2D eigenvalue weighted by molar-refractivity contribution is 0.0964. The summed E-state index contributed by atoms with van der Waals surface area (Å²) in [7, 11) is 0.818. The molecule has 11 heteroatoms. The molecule has 0 atom stereocenters. The zero-order valence-corrected chi connectivity index (χ0v) is 26.0. The molecule has 226 valence electrons. The summed E-state index contributed by atoms with van der Waals surface area (Å²) in [4.78, 5) is 21.5. The molecule has 0 saturated heterocycles. The van der Waals surface area contributed by atoms with Crippen LogP contribution in [0.3, 0.4) is 0 Å². The third kappa shape index (κ3) is 5.15.